The second-order valence-corrected chi connectivity index (χ2v) is 2.94. The van der Waals surface area contributed by atoms with E-state index in [0.717, 1.165) is 0 Å². The summed E-state index contributed by atoms with van der Waals surface area (Å²) in [6.07, 6.45) is -1.06. The molecule has 78 valence electrons. The van der Waals surface area contributed by atoms with Crippen LogP contribution < -0.4 is 0 Å². The van der Waals surface area contributed by atoms with Gasteiger partial charge < -0.3 is 20.4 Å². The van der Waals surface area contributed by atoms with Gasteiger partial charge in [0.05, 0.1) is 18.9 Å². The Hall–Kier alpha value is -1.01. The number of pyridine rings is 1. The number of nitrogens with zero attached hydrogens (tertiary/aromatic N) is 1. The zero-order valence-electron chi connectivity index (χ0n) is 7.54. The van der Waals surface area contributed by atoms with Gasteiger partial charge >= 0.3 is 0 Å². The van der Waals surface area contributed by atoms with Crippen LogP contribution in [0.2, 0.25) is 0 Å². The number of aliphatic hydroxyl groups excluding tert-OH is 4. The minimum atomic E-state index is -1.25. The van der Waals surface area contributed by atoms with Crippen LogP contribution >= 0.6 is 0 Å². The van der Waals surface area contributed by atoms with Crippen molar-refractivity contribution in [2.75, 3.05) is 6.61 Å². The standard InChI is InChI=1S/C9H13NO4/c11-4-6-1-2-10-7(3-6)9(14)8(13)5-12/h1-3,8-9,11-14H,4-5H2. The molecule has 0 bridgehead atoms. The zero-order valence-corrected chi connectivity index (χ0v) is 7.54. The maximum atomic E-state index is 9.45. The van der Waals surface area contributed by atoms with Gasteiger partial charge in [-0.05, 0) is 17.7 Å². The molecule has 0 aliphatic heterocycles. The van der Waals surface area contributed by atoms with Gasteiger partial charge in [0.25, 0.3) is 0 Å². The highest BCUT2D eigenvalue weighted by molar-refractivity contribution is 5.17. The third-order valence-corrected chi connectivity index (χ3v) is 1.88. The smallest absolute Gasteiger partial charge is 0.124 e. The van der Waals surface area contributed by atoms with Crippen molar-refractivity contribution in [3.63, 3.8) is 0 Å². The van der Waals surface area contributed by atoms with Crippen LogP contribution in [0.3, 0.4) is 0 Å². The van der Waals surface area contributed by atoms with E-state index >= 15 is 0 Å². The van der Waals surface area contributed by atoms with Crippen LogP contribution in [0.15, 0.2) is 18.3 Å². The summed E-state index contributed by atoms with van der Waals surface area (Å²) in [6, 6.07) is 3.07. The van der Waals surface area contributed by atoms with Crippen molar-refractivity contribution < 1.29 is 20.4 Å². The van der Waals surface area contributed by atoms with Crippen LogP contribution in [-0.2, 0) is 6.61 Å². The van der Waals surface area contributed by atoms with E-state index in [2.05, 4.69) is 4.98 Å². The van der Waals surface area contributed by atoms with Crippen molar-refractivity contribution in [2.45, 2.75) is 18.8 Å². The van der Waals surface area contributed by atoms with E-state index in [1.165, 1.54) is 12.3 Å². The molecule has 0 aromatic carbocycles. The molecule has 14 heavy (non-hydrogen) atoms. The number of hydrogen-bond donors (Lipinski definition) is 4. The first-order valence-corrected chi connectivity index (χ1v) is 4.21. The Balaban J connectivity index is 2.83. The van der Waals surface area contributed by atoms with Crippen molar-refractivity contribution in [1.82, 2.24) is 4.98 Å². The van der Waals surface area contributed by atoms with Gasteiger partial charge in [0.15, 0.2) is 0 Å². The fourth-order valence-corrected chi connectivity index (χ4v) is 1.05. The van der Waals surface area contributed by atoms with Gasteiger partial charge in [0.1, 0.15) is 12.2 Å². The first-order chi connectivity index (χ1) is 6.69. The molecule has 1 rings (SSSR count). The number of hydrogen-bond acceptors (Lipinski definition) is 5. The molecule has 0 saturated carbocycles. The summed E-state index contributed by atoms with van der Waals surface area (Å²) in [7, 11) is 0. The monoisotopic (exact) mass is 199 g/mol. The van der Waals surface area contributed by atoms with Crippen LogP contribution in [0.25, 0.3) is 0 Å². The van der Waals surface area contributed by atoms with Crippen molar-refractivity contribution in [2.24, 2.45) is 0 Å². The van der Waals surface area contributed by atoms with Crippen molar-refractivity contribution in [3.8, 4) is 0 Å². The molecule has 5 heteroatoms. The Bertz CT molecular complexity index is 292. The molecule has 0 aliphatic carbocycles. The Labute approximate surface area is 81.3 Å². The van der Waals surface area contributed by atoms with Crippen LogP contribution in [-0.4, -0.2) is 38.1 Å². The Morgan fingerprint density at radius 2 is 2.00 bits per heavy atom. The molecule has 0 fully saturated rings. The first-order valence-electron chi connectivity index (χ1n) is 4.21. The molecule has 1 heterocycles. The highest BCUT2D eigenvalue weighted by Gasteiger charge is 2.18. The molecule has 0 saturated heterocycles. The Morgan fingerprint density at radius 3 is 2.57 bits per heavy atom. The normalized spacial score (nSPS) is 15.1. The quantitative estimate of drug-likeness (QED) is 0.497. The van der Waals surface area contributed by atoms with Gasteiger partial charge in [-0.1, -0.05) is 0 Å². The largest absolute Gasteiger partial charge is 0.394 e. The Kier molecular flexibility index (Phi) is 3.97. The minimum Gasteiger partial charge on any atom is -0.394 e. The van der Waals surface area contributed by atoms with Gasteiger partial charge in [0.2, 0.25) is 0 Å². The fraction of sp³-hybridized carbons (Fsp3) is 0.444. The van der Waals surface area contributed by atoms with Crippen LogP contribution in [0, 0.1) is 0 Å². The van der Waals surface area contributed by atoms with Crippen molar-refractivity contribution >= 4 is 0 Å². The second kappa shape index (κ2) is 5.02. The van der Waals surface area contributed by atoms with E-state index in [1.807, 2.05) is 0 Å². The van der Waals surface area contributed by atoms with Crippen molar-refractivity contribution in [3.05, 3.63) is 29.6 Å². The lowest BCUT2D eigenvalue weighted by molar-refractivity contribution is -0.0173. The maximum absolute atomic E-state index is 9.45. The summed E-state index contributed by atoms with van der Waals surface area (Å²) in [5, 5.41) is 36.0. The van der Waals surface area contributed by atoms with Gasteiger partial charge in [-0.15, -0.1) is 0 Å². The molecule has 1 aromatic rings. The SMILES string of the molecule is OCc1ccnc(C(O)C(O)CO)c1. The van der Waals surface area contributed by atoms with E-state index in [-0.39, 0.29) is 12.3 Å². The summed E-state index contributed by atoms with van der Waals surface area (Å²) in [5.74, 6) is 0. The van der Waals surface area contributed by atoms with Gasteiger partial charge in [0, 0.05) is 6.20 Å². The molecule has 4 N–H and O–H groups in total. The van der Waals surface area contributed by atoms with E-state index in [1.54, 1.807) is 6.07 Å². The third kappa shape index (κ3) is 2.49. The molecular weight excluding hydrogens is 186 g/mol. The lowest BCUT2D eigenvalue weighted by Crippen LogP contribution is -2.22. The van der Waals surface area contributed by atoms with Gasteiger partial charge in [-0.3, -0.25) is 4.98 Å². The average molecular weight is 199 g/mol. The van der Waals surface area contributed by atoms with E-state index in [4.69, 9.17) is 15.3 Å². The van der Waals surface area contributed by atoms with Crippen LogP contribution in [0.1, 0.15) is 17.4 Å². The first kappa shape index (κ1) is 11.1. The van der Waals surface area contributed by atoms with E-state index in [0.29, 0.717) is 5.56 Å². The number of aromatic nitrogens is 1. The Morgan fingerprint density at radius 1 is 1.29 bits per heavy atom. The molecule has 0 amide bonds. The molecule has 1 aromatic heterocycles. The molecular formula is C9H13NO4. The molecule has 0 aliphatic rings. The number of rotatable bonds is 4. The molecule has 2 unspecified atom stereocenters. The van der Waals surface area contributed by atoms with E-state index < -0.39 is 18.8 Å². The fourth-order valence-electron chi connectivity index (χ4n) is 1.05. The van der Waals surface area contributed by atoms with Gasteiger partial charge in [-0.25, -0.2) is 0 Å². The molecule has 2 atom stereocenters. The van der Waals surface area contributed by atoms with Crippen LogP contribution in [0.4, 0.5) is 0 Å². The second-order valence-electron chi connectivity index (χ2n) is 2.94. The van der Waals surface area contributed by atoms with Gasteiger partial charge in [-0.2, -0.15) is 0 Å². The summed E-state index contributed by atoms with van der Waals surface area (Å²) in [5.41, 5.74) is 0.831. The predicted molar refractivity (Wildman–Crippen MR) is 48.2 cm³/mol. The minimum absolute atomic E-state index is 0.155. The highest BCUT2D eigenvalue weighted by Crippen LogP contribution is 2.15. The summed E-state index contributed by atoms with van der Waals surface area (Å²) in [4.78, 5) is 3.82. The maximum Gasteiger partial charge on any atom is 0.124 e. The molecule has 0 spiro atoms. The average Bonchev–Trinajstić information content (AvgIpc) is 2.27. The molecule has 5 nitrogen and oxygen atoms in total. The molecule has 0 radical (unpaired) electrons. The lowest BCUT2D eigenvalue weighted by Gasteiger charge is -2.15. The predicted octanol–water partition coefficient (Wildman–Crippen LogP) is -1.04. The topological polar surface area (TPSA) is 93.8 Å². The highest BCUT2D eigenvalue weighted by atomic mass is 16.4. The number of aliphatic hydroxyl groups is 4. The summed E-state index contributed by atoms with van der Waals surface area (Å²) in [6.45, 7) is -0.691. The summed E-state index contributed by atoms with van der Waals surface area (Å²) < 4.78 is 0. The zero-order chi connectivity index (χ0) is 10.6. The lowest BCUT2D eigenvalue weighted by atomic mass is 10.1. The summed E-state index contributed by atoms with van der Waals surface area (Å²) >= 11 is 0. The van der Waals surface area contributed by atoms with E-state index in [9.17, 15) is 5.11 Å². The van der Waals surface area contributed by atoms with Crippen LogP contribution in [0.5, 0.6) is 0 Å². The third-order valence-electron chi connectivity index (χ3n) is 1.88. The van der Waals surface area contributed by atoms with Crippen molar-refractivity contribution in [1.29, 1.82) is 0 Å².